The predicted molar refractivity (Wildman–Crippen MR) is 153 cm³/mol. The summed E-state index contributed by atoms with van der Waals surface area (Å²) in [6, 6.07) is 31.1. The molecule has 1 amide bonds. The van der Waals surface area contributed by atoms with Crippen molar-refractivity contribution in [2.45, 2.75) is 36.9 Å². The van der Waals surface area contributed by atoms with E-state index >= 15 is 0 Å². The molecule has 0 saturated carbocycles. The molecule has 7 heteroatoms. The minimum absolute atomic E-state index is 0.0410. The molecule has 40 heavy (non-hydrogen) atoms. The molecule has 1 fully saturated rings. The lowest BCUT2D eigenvalue weighted by atomic mass is 9.70. The third kappa shape index (κ3) is 4.47. The van der Waals surface area contributed by atoms with Crippen molar-refractivity contribution in [2.75, 3.05) is 18.6 Å². The van der Waals surface area contributed by atoms with Gasteiger partial charge in [-0.2, -0.15) is 0 Å². The first kappa shape index (κ1) is 25.9. The fraction of sp³-hybridized carbons (Fsp3) is 0.242. The monoisotopic (exact) mass is 533 g/mol. The SMILES string of the molecule is COC(=O)C(O)C1CC2(CCN1Cc1ccccn1)C(=O)N(c1ccc(-c3ccccc3)cc1)c1ccccc12. The number of methoxy groups -OCH3 is 1. The van der Waals surface area contributed by atoms with Crippen LogP contribution in [0, 0.1) is 0 Å². The van der Waals surface area contributed by atoms with Crippen molar-refractivity contribution in [1.82, 2.24) is 9.88 Å². The first-order chi connectivity index (χ1) is 19.5. The summed E-state index contributed by atoms with van der Waals surface area (Å²) < 4.78 is 4.92. The summed E-state index contributed by atoms with van der Waals surface area (Å²) >= 11 is 0. The molecule has 3 heterocycles. The van der Waals surface area contributed by atoms with Crippen LogP contribution in [0.2, 0.25) is 0 Å². The fourth-order valence-electron chi connectivity index (χ4n) is 6.21. The van der Waals surface area contributed by atoms with Crippen LogP contribution in [0.5, 0.6) is 0 Å². The molecule has 3 unspecified atom stereocenters. The summed E-state index contributed by atoms with van der Waals surface area (Å²) in [5, 5.41) is 11.1. The van der Waals surface area contributed by atoms with E-state index in [1.54, 1.807) is 11.1 Å². The Morgan fingerprint density at radius 1 is 0.975 bits per heavy atom. The average molecular weight is 534 g/mol. The molecule has 3 aromatic carbocycles. The van der Waals surface area contributed by atoms with Crippen LogP contribution in [0.25, 0.3) is 11.1 Å². The number of para-hydroxylation sites is 1. The third-order valence-electron chi connectivity index (χ3n) is 8.26. The molecule has 6 rings (SSSR count). The van der Waals surface area contributed by atoms with Gasteiger partial charge in [0.25, 0.3) is 0 Å². The fourth-order valence-corrected chi connectivity index (χ4v) is 6.21. The summed E-state index contributed by atoms with van der Waals surface area (Å²) in [5.41, 5.74) is 4.68. The first-order valence-corrected chi connectivity index (χ1v) is 13.5. The van der Waals surface area contributed by atoms with Crippen molar-refractivity contribution in [3.8, 4) is 11.1 Å². The quantitative estimate of drug-likeness (QED) is 0.357. The number of carbonyl (C=O) groups is 2. The number of benzene rings is 3. The van der Waals surface area contributed by atoms with Crippen molar-refractivity contribution in [2.24, 2.45) is 0 Å². The van der Waals surface area contributed by atoms with Crippen LogP contribution < -0.4 is 4.90 Å². The van der Waals surface area contributed by atoms with Crippen LogP contribution in [0.15, 0.2) is 103 Å². The van der Waals surface area contributed by atoms with Gasteiger partial charge in [0.1, 0.15) is 0 Å². The van der Waals surface area contributed by atoms with Crippen LogP contribution in [-0.4, -0.2) is 52.7 Å². The van der Waals surface area contributed by atoms with E-state index < -0.39 is 23.5 Å². The standard InChI is InChI=1S/C33H31N3O4/c1-40-31(38)30(37)29-21-33(18-20-35(29)22-25-11-7-8-19-34-25)27-12-5-6-13-28(27)36(32(33)39)26-16-14-24(15-17-26)23-9-3-2-4-10-23/h2-17,19,29-30,37H,18,20-22H2,1H3. The molecule has 1 aromatic heterocycles. The van der Waals surface area contributed by atoms with E-state index in [9.17, 15) is 14.7 Å². The summed E-state index contributed by atoms with van der Waals surface area (Å²) in [7, 11) is 1.27. The molecule has 0 bridgehead atoms. The lowest BCUT2D eigenvalue weighted by Gasteiger charge is -2.45. The molecule has 0 radical (unpaired) electrons. The number of ether oxygens (including phenoxy) is 1. The molecule has 202 valence electrons. The van der Waals surface area contributed by atoms with Crippen molar-refractivity contribution in [3.05, 3.63) is 115 Å². The summed E-state index contributed by atoms with van der Waals surface area (Å²) in [5.74, 6) is -0.749. The van der Waals surface area contributed by atoms with E-state index in [1.807, 2.05) is 89.8 Å². The van der Waals surface area contributed by atoms with Crippen LogP contribution in [0.3, 0.4) is 0 Å². The van der Waals surface area contributed by atoms with E-state index in [0.29, 0.717) is 19.5 Å². The van der Waals surface area contributed by atoms with Gasteiger partial charge in [-0.1, -0.05) is 66.7 Å². The Labute approximate surface area is 233 Å². The number of piperidine rings is 1. The van der Waals surface area contributed by atoms with Crippen molar-refractivity contribution in [1.29, 1.82) is 0 Å². The molecule has 7 nitrogen and oxygen atoms in total. The highest BCUT2D eigenvalue weighted by Crippen LogP contribution is 2.52. The smallest absolute Gasteiger partial charge is 0.336 e. The number of anilines is 2. The Morgan fingerprint density at radius 2 is 1.68 bits per heavy atom. The Hall–Kier alpha value is -4.33. The highest BCUT2D eigenvalue weighted by atomic mass is 16.5. The maximum atomic E-state index is 14.5. The zero-order valence-electron chi connectivity index (χ0n) is 22.3. The van der Waals surface area contributed by atoms with Gasteiger partial charge in [0.05, 0.1) is 23.9 Å². The number of hydrogen-bond acceptors (Lipinski definition) is 6. The van der Waals surface area contributed by atoms with Gasteiger partial charge in [-0.15, -0.1) is 0 Å². The number of nitrogens with zero attached hydrogens (tertiary/aromatic N) is 3. The van der Waals surface area contributed by atoms with Gasteiger partial charge in [0.15, 0.2) is 6.10 Å². The molecule has 2 aliphatic heterocycles. The number of hydrogen-bond donors (Lipinski definition) is 1. The van der Waals surface area contributed by atoms with E-state index in [4.69, 9.17) is 4.74 Å². The van der Waals surface area contributed by atoms with Gasteiger partial charge in [0, 0.05) is 31.0 Å². The molecule has 2 aliphatic rings. The Morgan fingerprint density at radius 3 is 2.40 bits per heavy atom. The van der Waals surface area contributed by atoms with E-state index in [0.717, 1.165) is 33.8 Å². The Balaban J connectivity index is 1.36. The zero-order chi connectivity index (χ0) is 27.7. The van der Waals surface area contributed by atoms with Crippen molar-refractivity contribution in [3.63, 3.8) is 0 Å². The van der Waals surface area contributed by atoms with Crippen molar-refractivity contribution >= 4 is 23.3 Å². The number of amides is 1. The normalized spacial score (nSPS) is 21.3. The zero-order valence-corrected chi connectivity index (χ0v) is 22.3. The van der Waals surface area contributed by atoms with Gasteiger partial charge >= 0.3 is 5.97 Å². The molecule has 4 aromatic rings. The average Bonchev–Trinajstić information content (AvgIpc) is 3.25. The summed E-state index contributed by atoms with van der Waals surface area (Å²) in [4.78, 5) is 35.3. The van der Waals surface area contributed by atoms with Gasteiger partial charge in [-0.3, -0.25) is 19.6 Å². The highest BCUT2D eigenvalue weighted by molar-refractivity contribution is 6.13. The molecule has 1 N–H and O–H groups in total. The van der Waals surface area contributed by atoms with E-state index in [-0.39, 0.29) is 12.3 Å². The number of aliphatic hydroxyl groups is 1. The Kier molecular flexibility index (Phi) is 6.92. The minimum atomic E-state index is -1.40. The van der Waals surface area contributed by atoms with Crippen LogP contribution in [0.1, 0.15) is 24.1 Å². The van der Waals surface area contributed by atoms with Gasteiger partial charge in [0.2, 0.25) is 5.91 Å². The maximum absolute atomic E-state index is 14.5. The van der Waals surface area contributed by atoms with E-state index in [1.165, 1.54) is 7.11 Å². The highest BCUT2D eigenvalue weighted by Gasteiger charge is 2.56. The number of aromatic nitrogens is 1. The number of carbonyl (C=O) groups excluding carboxylic acids is 2. The van der Waals surface area contributed by atoms with Crippen LogP contribution in [-0.2, 0) is 26.3 Å². The molecule has 1 spiro atoms. The minimum Gasteiger partial charge on any atom is -0.467 e. The topological polar surface area (TPSA) is 83.0 Å². The number of aliphatic hydroxyl groups excluding tert-OH is 1. The molecule has 3 atom stereocenters. The number of esters is 1. The predicted octanol–water partition coefficient (Wildman–Crippen LogP) is 4.86. The number of likely N-dealkylation sites (tertiary alicyclic amines) is 1. The van der Waals surface area contributed by atoms with Gasteiger partial charge in [-0.05, 0) is 59.9 Å². The number of pyridine rings is 1. The second-order valence-corrected chi connectivity index (χ2v) is 10.4. The first-order valence-electron chi connectivity index (χ1n) is 13.5. The summed E-state index contributed by atoms with van der Waals surface area (Å²) in [6.45, 7) is 0.965. The molecule has 0 aliphatic carbocycles. The molecular formula is C33H31N3O4. The van der Waals surface area contributed by atoms with Crippen molar-refractivity contribution < 1.29 is 19.4 Å². The molecular weight excluding hydrogens is 502 g/mol. The third-order valence-corrected chi connectivity index (χ3v) is 8.26. The number of rotatable bonds is 6. The number of fused-ring (bicyclic) bond motifs is 2. The lowest BCUT2D eigenvalue weighted by molar-refractivity contribution is -0.157. The second-order valence-electron chi connectivity index (χ2n) is 10.4. The van der Waals surface area contributed by atoms with Gasteiger partial charge < -0.3 is 9.84 Å². The Bertz CT molecular complexity index is 1510. The van der Waals surface area contributed by atoms with Gasteiger partial charge in [-0.25, -0.2) is 4.79 Å². The second kappa shape index (κ2) is 10.7. The van der Waals surface area contributed by atoms with Crippen LogP contribution in [0.4, 0.5) is 11.4 Å². The molecule has 1 saturated heterocycles. The largest absolute Gasteiger partial charge is 0.467 e. The summed E-state index contributed by atoms with van der Waals surface area (Å²) in [6.07, 6.45) is 1.16. The van der Waals surface area contributed by atoms with Crippen LogP contribution >= 0.6 is 0 Å². The maximum Gasteiger partial charge on any atom is 0.336 e. The van der Waals surface area contributed by atoms with E-state index in [2.05, 4.69) is 17.1 Å². The lowest BCUT2D eigenvalue weighted by Crippen LogP contribution is -2.57.